The third-order valence-electron chi connectivity index (χ3n) is 5.28. The van der Waals surface area contributed by atoms with Gasteiger partial charge in [-0.25, -0.2) is 0 Å². The van der Waals surface area contributed by atoms with Crippen LogP contribution in [0.15, 0.2) is 78.9 Å². The molecule has 0 amide bonds. The molecule has 1 aliphatic heterocycles. The van der Waals surface area contributed by atoms with E-state index in [-0.39, 0.29) is 6.10 Å². The number of aliphatic carboxylic acids is 1. The number of fused-ring (bicyclic) bond motifs is 1. The quantitative estimate of drug-likeness (QED) is 0.551. The van der Waals surface area contributed by atoms with Crippen molar-refractivity contribution in [3.8, 4) is 5.75 Å². The van der Waals surface area contributed by atoms with E-state index >= 15 is 0 Å². The minimum absolute atomic E-state index is 0.118. The molecule has 154 valence electrons. The van der Waals surface area contributed by atoms with E-state index in [9.17, 15) is 9.90 Å². The molecule has 0 atom stereocenters. The van der Waals surface area contributed by atoms with Gasteiger partial charge in [-0.3, -0.25) is 0 Å². The fraction of sp³-hybridized carbons (Fsp3) is 0.240. The number of benzene rings is 3. The zero-order valence-corrected chi connectivity index (χ0v) is 16.7. The van der Waals surface area contributed by atoms with Gasteiger partial charge in [0, 0.05) is 24.3 Å². The number of ether oxygens (including phenoxy) is 2. The number of carbonyl (C=O) groups excluding carboxylic acids is 1. The molecule has 3 aromatic carbocycles. The molecule has 0 N–H and O–H groups in total. The van der Waals surface area contributed by atoms with Crippen LogP contribution in [-0.4, -0.2) is 32.3 Å². The van der Waals surface area contributed by atoms with Crippen LogP contribution in [0.3, 0.4) is 0 Å². The van der Waals surface area contributed by atoms with Crippen LogP contribution in [0, 0.1) is 0 Å². The molecule has 30 heavy (non-hydrogen) atoms. The molecule has 1 heterocycles. The summed E-state index contributed by atoms with van der Waals surface area (Å²) in [5, 5.41) is 10.7. The van der Waals surface area contributed by atoms with Crippen molar-refractivity contribution in [2.24, 2.45) is 0 Å². The maximum atomic E-state index is 10.7. The van der Waals surface area contributed by atoms with Crippen LogP contribution < -0.4 is 14.7 Å². The van der Waals surface area contributed by atoms with Gasteiger partial charge in [0.15, 0.2) is 0 Å². The van der Waals surface area contributed by atoms with Gasteiger partial charge in [0.05, 0.1) is 12.6 Å². The highest BCUT2D eigenvalue weighted by Crippen LogP contribution is 2.35. The van der Waals surface area contributed by atoms with E-state index in [0.29, 0.717) is 12.4 Å². The number of rotatable bonds is 9. The molecule has 0 unspecified atom stereocenters. The summed E-state index contributed by atoms with van der Waals surface area (Å²) in [4.78, 5) is 13.0. The largest absolute Gasteiger partial charge is 0.546 e. The molecule has 1 aliphatic rings. The van der Waals surface area contributed by atoms with Gasteiger partial charge in [0.25, 0.3) is 0 Å². The minimum Gasteiger partial charge on any atom is -0.546 e. The standard InChI is InChI=1S/C25H25NO4/c27-24(28)18-30-23-13-7-12-22-21(23)14-15-26(22)16-17-29-25(19-8-3-1-4-9-19)20-10-5-2-6-11-20/h1-13,25H,14-18H2,(H,27,28)/p-1. The molecule has 0 fully saturated rings. The second-order valence-electron chi connectivity index (χ2n) is 7.22. The van der Waals surface area contributed by atoms with Crippen molar-refractivity contribution in [1.82, 2.24) is 0 Å². The first-order chi connectivity index (χ1) is 14.7. The Morgan fingerprint density at radius 3 is 2.23 bits per heavy atom. The van der Waals surface area contributed by atoms with E-state index in [0.717, 1.165) is 41.9 Å². The van der Waals surface area contributed by atoms with Crippen molar-refractivity contribution >= 4 is 11.7 Å². The normalized spacial score (nSPS) is 12.8. The van der Waals surface area contributed by atoms with Crippen LogP contribution in [0.1, 0.15) is 22.8 Å². The Morgan fingerprint density at radius 1 is 0.933 bits per heavy atom. The van der Waals surface area contributed by atoms with Crippen LogP contribution in [0.4, 0.5) is 5.69 Å². The Hall–Kier alpha value is -3.31. The highest BCUT2D eigenvalue weighted by atomic mass is 16.5. The molecule has 0 aliphatic carbocycles. The van der Waals surface area contributed by atoms with E-state index in [1.165, 1.54) is 0 Å². The Bertz CT molecular complexity index is 935. The first kappa shape index (κ1) is 20.0. The molecule has 0 radical (unpaired) electrons. The monoisotopic (exact) mass is 402 g/mol. The van der Waals surface area contributed by atoms with Crippen LogP contribution in [0.5, 0.6) is 5.75 Å². The number of hydrogen-bond donors (Lipinski definition) is 0. The van der Waals surface area contributed by atoms with E-state index in [2.05, 4.69) is 29.2 Å². The Balaban J connectivity index is 1.43. The number of nitrogens with zero attached hydrogens (tertiary/aromatic N) is 1. The summed E-state index contributed by atoms with van der Waals surface area (Å²) in [5.74, 6) is -0.602. The zero-order chi connectivity index (χ0) is 20.8. The van der Waals surface area contributed by atoms with E-state index in [1.54, 1.807) is 0 Å². The molecule has 0 aromatic heterocycles. The van der Waals surface area contributed by atoms with E-state index in [4.69, 9.17) is 9.47 Å². The number of carboxylic acid groups (broad SMARTS) is 1. The number of hydrogen-bond acceptors (Lipinski definition) is 5. The lowest BCUT2D eigenvalue weighted by atomic mass is 10.0. The van der Waals surface area contributed by atoms with Gasteiger partial charge in [0.2, 0.25) is 0 Å². The van der Waals surface area contributed by atoms with Crippen molar-refractivity contribution in [2.45, 2.75) is 12.5 Å². The zero-order valence-electron chi connectivity index (χ0n) is 16.7. The highest BCUT2D eigenvalue weighted by molar-refractivity contribution is 5.67. The SMILES string of the molecule is O=C([O-])COc1cccc2c1CCN2CCOC(c1ccccc1)c1ccccc1. The maximum absolute atomic E-state index is 10.7. The van der Waals surface area contributed by atoms with Crippen LogP contribution in [-0.2, 0) is 16.0 Å². The second kappa shape index (κ2) is 9.46. The fourth-order valence-electron chi connectivity index (χ4n) is 3.89. The van der Waals surface area contributed by atoms with Gasteiger partial charge in [0.1, 0.15) is 18.5 Å². The molecule has 3 aromatic rings. The van der Waals surface area contributed by atoms with Crippen molar-refractivity contribution < 1.29 is 19.4 Å². The van der Waals surface area contributed by atoms with Crippen LogP contribution in [0.2, 0.25) is 0 Å². The third kappa shape index (κ3) is 4.63. The third-order valence-corrected chi connectivity index (χ3v) is 5.28. The highest BCUT2D eigenvalue weighted by Gasteiger charge is 2.23. The molecular weight excluding hydrogens is 378 g/mol. The number of carbonyl (C=O) groups is 1. The first-order valence-electron chi connectivity index (χ1n) is 10.1. The predicted molar refractivity (Wildman–Crippen MR) is 114 cm³/mol. The maximum Gasteiger partial charge on any atom is 0.128 e. The lowest BCUT2D eigenvalue weighted by molar-refractivity contribution is -0.307. The molecule has 0 saturated heterocycles. The minimum atomic E-state index is -1.22. The molecular formula is C25H24NO4-. The smallest absolute Gasteiger partial charge is 0.128 e. The van der Waals surface area contributed by atoms with Crippen molar-refractivity contribution in [1.29, 1.82) is 0 Å². The Labute approximate surface area is 176 Å². The van der Waals surface area contributed by atoms with E-state index < -0.39 is 12.6 Å². The average Bonchev–Trinajstić information content (AvgIpc) is 3.20. The molecule has 0 spiro atoms. The van der Waals surface area contributed by atoms with Gasteiger partial charge in [-0.05, 0) is 29.7 Å². The number of carboxylic acids is 1. The molecule has 0 bridgehead atoms. The Kier molecular flexibility index (Phi) is 6.30. The van der Waals surface area contributed by atoms with Crippen LogP contribution in [0.25, 0.3) is 0 Å². The van der Waals surface area contributed by atoms with Gasteiger partial charge in [-0.15, -0.1) is 0 Å². The van der Waals surface area contributed by atoms with Crippen molar-refractivity contribution in [3.05, 3.63) is 95.6 Å². The lowest BCUT2D eigenvalue weighted by Gasteiger charge is -2.23. The molecule has 5 nitrogen and oxygen atoms in total. The topological polar surface area (TPSA) is 61.8 Å². The first-order valence-corrected chi connectivity index (χ1v) is 10.1. The molecule has 5 heteroatoms. The van der Waals surface area contributed by atoms with E-state index in [1.807, 2.05) is 54.6 Å². The summed E-state index contributed by atoms with van der Waals surface area (Å²) >= 11 is 0. The molecule has 4 rings (SSSR count). The number of anilines is 1. The summed E-state index contributed by atoms with van der Waals surface area (Å²) in [6.45, 7) is 1.73. The predicted octanol–water partition coefficient (Wildman–Crippen LogP) is 2.98. The van der Waals surface area contributed by atoms with Crippen molar-refractivity contribution in [3.63, 3.8) is 0 Å². The van der Waals surface area contributed by atoms with Gasteiger partial charge < -0.3 is 24.3 Å². The summed E-state index contributed by atoms with van der Waals surface area (Å²) in [5.41, 5.74) is 4.37. The summed E-state index contributed by atoms with van der Waals surface area (Å²) in [6.07, 6.45) is 0.700. The van der Waals surface area contributed by atoms with Crippen LogP contribution >= 0.6 is 0 Å². The average molecular weight is 402 g/mol. The fourth-order valence-corrected chi connectivity index (χ4v) is 3.89. The summed E-state index contributed by atoms with van der Waals surface area (Å²) < 4.78 is 11.7. The molecule has 0 saturated carbocycles. The Morgan fingerprint density at radius 2 is 1.60 bits per heavy atom. The van der Waals surface area contributed by atoms with Gasteiger partial charge in [-0.1, -0.05) is 66.7 Å². The second-order valence-corrected chi connectivity index (χ2v) is 7.22. The summed E-state index contributed by atoms with van der Waals surface area (Å²) in [7, 11) is 0. The van der Waals surface area contributed by atoms with Gasteiger partial charge >= 0.3 is 0 Å². The van der Waals surface area contributed by atoms with Crippen molar-refractivity contribution in [2.75, 3.05) is 31.2 Å². The lowest BCUT2D eigenvalue weighted by Crippen LogP contribution is -2.29. The van der Waals surface area contributed by atoms with Gasteiger partial charge in [-0.2, -0.15) is 0 Å². The summed E-state index contributed by atoms with van der Waals surface area (Å²) in [6, 6.07) is 26.2.